The number of benzene rings is 2. The summed E-state index contributed by atoms with van der Waals surface area (Å²) in [7, 11) is 0.410. The van der Waals surface area contributed by atoms with Gasteiger partial charge in [-0.3, -0.25) is 0 Å². The van der Waals surface area contributed by atoms with Gasteiger partial charge < -0.3 is 76.1 Å². The molecule has 1 aliphatic rings. The maximum Gasteiger partial charge on any atom is 0.453 e. The average Bonchev–Trinajstić information content (AvgIpc) is 2.86. The van der Waals surface area contributed by atoms with Gasteiger partial charge in [0.05, 0.1) is 11.2 Å². The van der Waals surface area contributed by atoms with Gasteiger partial charge in [0, 0.05) is 15.9 Å². The SMILES string of the molecule is CN1C(O)(O)C(O)(O)C(O)(COc2cc3ncnc(Nc4ccc(Br)cc4F)c3cc2OC(O)(O)O)C(O)(O)C1(O)O. The molecule has 1 aromatic heterocycles. The van der Waals surface area contributed by atoms with Gasteiger partial charge in [-0.15, -0.1) is 0 Å². The minimum atomic E-state index is -4.42. The predicted molar refractivity (Wildman–Crippen MR) is 134 cm³/mol. The third-order valence-corrected chi connectivity index (χ3v) is 7.09. The van der Waals surface area contributed by atoms with Gasteiger partial charge in [0.25, 0.3) is 23.4 Å². The smallest absolute Gasteiger partial charge is 0.453 e. The molecule has 0 bridgehead atoms. The topological polar surface area (TPSA) is 302 Å². The van der Waals surface area contributed by atoms with E-state index in [-0.39, 0.29) is 22.4 Å². The lowest BCUT2D eigenvalue weighted by molar-refractivity contribution is -0.592. The minimum absolute atomic E-state index is 0.0452. The third-order valence-electron chi connectivity index (χ3n) is 6.59. The molecular weight excluding hydrogens is 643 g/mol. The van der Waals surface area contributed by atoms with Crippen LogP contribution in [0.3, 0.4) is 0 Å². The monoisotopic (exact) mass is 666 g/mol. The fourth-order valence-electron chi connectivity index (χ4n) is 4.09. The van der Waals surface area contributed by atoms with Crippen LogP contribution < -0.4 is 14.8 Å². The molecule has 42 heavy (non-hydrogen) atoms. The van der Waals surface area contributed by atoms with Gasteiger partial charge >= 0.3 is 6.16 Å². The number of nitrogens with zero attached hydrogens (tertiary/aromatic N) is 3. The van der Waals surface area contributed by atoms with E-state index in [4.69, 9.17) is 4.74 Å². The first-order valence-electron chi connectivity index (χ1n) is 11.3. The second kappa shape index (κ2) is 10.1. The van der Waals surface area contributed by atoms with Gasteiger partial charge in [-0.2, -0.15) is 4.90 Å². The van der Waals surface area contributed by atoms with Crippen LogP contribution in [0.15, 0.2) is 41.1 Å². The van der Waals surface area contributed by atoms with Crippen LogP contribution in [0.5, 0.6) is 11.5 Å². The van der Waals surface area contributed by atoms with E-state index in [1.165, 1.54) is 12.1 Å². The fraction of sp³-hybridized carbons (Fsp3) is 0.364. The number of hydrogen-bond acceptors (Lipinski definition) is 18. The first-order valence-corrected chi connectivity index (χ1v) is 12.1. The van der Waals surface area contributed by atoms with Crippen LogP contribution >= 0.6 is 15.9 Å². The van der Waals surface area contributed by atoms with Crippen molar-refractivity contribution in [3.8, 4) is 11.5 Å². The molecule has 1 aliphatic heterocycles. The highest BCUT2D eigenvalue weighted by Gasteiger charge is 2.84. The maximum atomic E-state index is 14.4. The normalized spacial score (nSPS) is 20.7. The molecule has 18 nitrogen and oxygen atoms in total. The highest BCUT2D eigenvalue weighted by atomic mass is 79.9. The average molecular weight is 667 g/mol. The molecule has 4 rings (SSSR count). The number of hydrogen-bond donors (Lipinski definition) is 13. The van der Waals surface area contributed by atoms with Crippen LogP contribution in [0.25, 0.3) is 10.9 Å². The molecule has 0 spiro atoms. The number of fused-ring (bicyclic) bond motifs is 1. The Morgan fingerprint density at radius 2 is 1.50 bits per heavy atom. The molecule has 0 atom stereocenters. The van der Waals surface area contributed by atoms with E-state index in [2.05, 4.69) is 36.0 Å². The van der Waals surface area contributed by atoms with E-state index in [0.29, 0.717) is 11.5 Å². The van der Waals surface area contributed by atoms with Gasteiger partial charge in [-0.1, -0.05) is 15.9 Å². The van der Waals surface area contributed by atoms with Crippen LogP contribution in [-0.4, -0.2) is 125 Å². The lowest BCUT2D eigenvalue weighted by atomic mass is 9.75. The lowest BCUT2D eigenvalue weighted by Crippen LogP contribution is -2.93. The van der Waals surface area contributed by atoms with Crippen molar-refractivity contribution in [1.82, 2.24) is 14.9 Å². The molecule has 3 aromatic rings. The van der Waals surface area contributed by atoms with Gasteiger partial charge in [0.1, 0.15) is 24.6 Å². The number of nitrogens with one attached hydrogen (secondary N) is 1. The molecule has 13 N–H and O–H groups in total. The summed E-state index contributed by atoms with van der Waals surface area (Å²) in [5, 5.41) is 124. The van der Waals surface area contributed by atoms with E-state index in [0.717, 1.165) is 24.5 Å². The Labute approximate surface area is 241 Å². The number of likely N-dealkylation sites (tertiary alicyclic amines) is 1. The van der Waals surface area contributed by atoms with Crippen LogP contribution in [0.4, 0.5) is 15.9 Å². The Morgan fingerprint density at radius 3 is 2.05 bits per heavy atom. The molecule has 20 heteroatoms. The summed E-state index contributed by atoms with van der Waals surface area (Å²) < 4.78 is 24.6. The quantitative estimate of drug-likeness (QED) is 0.107. The molecule has 0 unspecified atom stereocenters. The number of rotatable bonds is 7. The zero-order valence-electron chi connectivity index (χ0n) is 21.0. The second-order valence-electron chi connectivity index (χ2n) is 9.29. The zero-order chi connectivity index (χ0) is 31.7. The van der Waals surface area contributed by atoms with E-state index < -0.39 is 64.0 Å². The lowest BCUT2D eigenvalue weighted by Gasteiger charge is -2.61. The summed E-state index contributed by atoms with van der Waals surface area (Å²) >= 11 is 3.11. The number of ether oxygens (including phenoxy) is 2. The van der Waals surface area contributed by atoms with Crippen molar-refractivity contribution in [3.05, 3.63) is 46.9 Å². The molecule has 2 heterocycles. The first kappa shape index (κ1) is 32.0. The summed E-state index contributed by atoms with van der Waals surface area (Å²) in [5.74, 6) is -19.7. The van der Waals surface area contributed by atoms with E-state index in [1.54, 1.807) is 0 Å². The number of aliphatic hydroxyl groups is 12. The Bertz CT molecular complexity index is 1490. The number of anilines is 2. The predicted octanol–water partition coefficient (Wildman–Crippen LogP) is -4.06. The van der Waals surface area contributed by atoms with Crippen molar-refractivity contribution in [1.29, 1.82) is 0 Å². The van der Waals surface area contributed by atoms with Gasteiger partial charge in [0.15, 0.2) is 11.5 Å². The molecule has 0 saturated carbocycles. The number of likely N-dealkylation sites (N-methyl/N-ethyl adjacent to an activating group) is 1. The van der Waals surface area contributed by atoms with Crippen molar-refractivity contribution >= 4 is 38.3 Å². The fourth-order valence-corrected chi connectivity index (χ4v) is 4.42. The van der Waals surface area contributed by atoms with E-state index in [1.807, 2.05) is 0 Å². The van der Waals surface area contributed by atoms with Gasteiger partial charge in [-0.05, 0) is 31.3 Å². The molecule has 0 radical (unpaired) electrons. The van der Waals surface area contributed by atoms with Crippen molar-refractivity contribution < 1.29 is 75.1 Å². The minimum Gasteiger partial charge on any atom is -0.486 e. The Hall–Kier alpha value is -2.93. The maximum absolute atomic E-state index is 14.4. The largest absolute Gasteiger partial charge is 0.486 e. The summed E-state index contributed by atoms with van der Waals surface area (Å²) in [5.41, 5.74) is -4.36. The molecule has 0 aliphatic carbocycles. The third kappa shape index (κ3) is 4.91. The Morgan fingerprint density at radius 1 is 0.905 bits per heavy atom. The summed E-state index contributed by atoms with van der Waals surface area (Å²) in [4.78, 5) is 7.41. The Balaban J connectivity index is 1.80. The van der Waals surface area contributed by atoms with Crippen LogP contribution in [0.1, 0.15) is 0 Å². The van der Waals surface area contributed by atoms with Crippen LogP contribution in [0, 0.1) is 5.82 Å². The molecular formula is C22H24BrFN4O14. The molecule has 2 aromatic carbocycles. The van der Waals surface area contributed by atoms with Crippen molar-refractivity contribution in [2.75, 3.05) is 19.0 Å². The molecule has 1 fully saturated rings. The summed E-state index contributed by atoms with van der Waals surface area (Å²) in [6.45, 7) is -1.84. The number of halogens is 2. The van der Waals surface area contributed by atoms with Crippen LogP contribution in [-0.2, 0) is 0 Å². The standard InChI is InChI=1S/C22H24BrFN4O14/c1-28-20(34,35)18(30,31)17(29,19(32,33)21(28,36)37)7-41-14-6-13-10(5-15(14)42-22(38,39)40)16(26-8-25-13)27-12-3-2-9(23)4-11(12)24/h2-6,8,29-40H,7H2,1H3,(H,25,26,27). The van der Waals surface area contributed by atoms with Crippen LogP contribution in [0.2, 0.25) is 0 Å². The second-order valence-corrected chi connectivity index (χ2v) is 10.2. The molecule has 230 valence electrons. The van der Waals surface area contributed by atoms with Gasteiger partial charge in [-0.25, -0.2) is 14.4 Å². The van der Waals surface area contributed by atoms with Crippen molar-refractivity contribution in [2.45, 2.75) is 35.2 Å². The highest BCUT2D eigenvalue weighted by molar-refractivity contribution is 9.10. The number of piperidine rings is 1. The highest BCUT2D eigenvalue weighted by Crippen LogP contribution is 2.49. The van der Waals surface area contributed by atoms with Gasteiger partial charge in [0.2, 0.25) is 5.60 Å². The van der Waals surface area contributed by atoms with Crippen molar-refractivity contribution in [3.63, 3.8) is 0 Å². The molecule has 1 saturated heterocycles. The first-order chi connectivity index (χ1) is 19.1. The van der Waals surface area contributed by atoms with E-state index in [9.17, 15) is 65.7 Å². The number of aromatic nitrogens is 2. The van der Waals surface area contributed by atoms with E-state index >= 15 is 0 Å². The summed E-state index contributed by atoms with van der Waals surface area (Å²) in [6.07, 6.45) is -2.91. The molecule has 0 amide bonds. The van der Waals surface area contributed by atoms with Crippen molar-refractivity contribution in [2.24, 2.45) is 0 Å². The Kier molecular flexibility index (Phi) is 7.67. The summed E-state index contributed by atoms with van der Waals surface area (Å²) in [6, 6.07) is 5.78. The zero-order valence-corrected chi connectivity index (χ0v) is 22.5.